The van der Waals surface area contributed by atoms with Crippen LogP contribution in [-0.4, -0.2) is 44.7 Å². The first-order chi connectivity index (χ1) is 13.1. The summed E-state index contributed by atoms with van der Waals surface area (Å²) < 4.78 is 0. The molecule has 4 rings (SSSR count). The fourth-order valence-electron chi connectivity index (χ4n) is 8.55. The maximum atomic E-state index is 11.4. The number of aliphatic hydroxyl groups is 3. The second-order valence-electron chi connectivity index (χ2n) is 11.1. The van der Waals surface area contributed by atoms with Crippen molar-refractivity contribution >= 4 is 5.97 Å². The summed E-state index contributed by atoms with van der Waals surface area (Å²) in [5, 5.41) is 42.1. The molecule has 28 heavy (non-hydrogen) atoms. The third-order valence-electron chi connectivity index (χ3n) is 10.0. The minimum absolute atomic E-state index is 0.0348. The SMILES string of the molecule is CC(CC(=O)O)C1CCC2C3C(C[C@@H](O)[C@@]12C)[C@]1(C)CC[C@H](O)CC1C[C@@H]3O. The van der Waals surface area contributed by atoms with Crippen molar-refractivity contribution in [2.75, 3.05) is 0 Å². The zero-order valence-electron chi connectivity index (χ0n) is 17.6. The van der Waals surface area contributed by atoms with Gasteiger partial charge < -0.3 is 20.4 Å². The Morgan fingerprint density at radius 3 is 2.43 bits per heavy atom. The van der Waals surface area contributed by atoms with Crippen LogP contribution in [0.25, 0.3) is 0 Å². The molecule has 0 radical (unpaired) electrons. The van der Waals surface area contributed by atoms with Gasteiger partial charge >= 0.3 is 5.97 Å². The quantitative estimate of drug-likeness (QED) is 0.590. The molecule has 0 aromatic heterocycles. The minimum Gasteiger partial charge on any atom is -0.481 e. The molecule has 0 bridgehead atoms. The van der Waals surface area contributed by atoms with Gasteiger partial charge in [-0.2, -0.15) is 0 Å². The van der Waals surface area contributed by atoms with E-state index in [9.17, 15) is 25.2 Å². The Kier molecular flexibility index (Phi) is 5.12. The van der Waals surface area contributed by atoms with Gasteiger partial charge in [0.15, 0.2) is 0 Å². The lowest BCUT2D eigenvalue weighted by Gasteiger charge is -2.63. The van der Waals surface area contributed by atoms with E-state index in [1.54, 1.807) is 0 Å². The lowest BCUT2D eigenvalue weighted by atomic mass is 9.43. The van der Waals surface area contributed by atoms with E-state index in [1.165, 1.54) is 0 Å². The van der Waals surface area contributed by atoms with Crippen LogP contribution >= 0.6 is 0 Å². The van der Waals surface area contributed by atoms with Gasteiger partial charge in [-0.05, 0) is 91.3 Å². The fraction of sp³-hybridized carbons (Fsp3) is 0.957. The summed E-state index contributed by atoms with van der Waals surface area (Å²) in [5.74, 6) is 0.510. The summed E-state index contributed by atoms with van der Waals surface area (Å²) in [4.78, 5) is 11.3. The topological polar surface area (TPSA) is 98.0 Å². The summed E-state index contributed by atoms with van der Waals surface area (Å²) in [7, 11) is 0. The summed E-state index contributed by atoms with van der Waals surface area (Å²) in [5.41, 5.74) is -0.232. The van der Waals surface area contributed by atoms with E-state index in [0.29, 0.717) is 12.3 Å². The highest BCUT2D eigenvalue weighted by Gasteiger charge is 2.65. The molecule has 6 unspecified atom stereocenters. The van der Waals surface area contributed by atoms with Crippen molar-refractivity contribution in [2.24, 2.45) is 46.3 Å². The van der Waals surface area contributed by atoms with Gasteiger partial charge in [-0.25, -0.2) is 0 Å². The zero-order chi connectivity index (χ0) is 20.4. The lowest BCUT2D eigenvalue weighted by Crippen LogP contribution is -2.62. The van der Waals surface area contributed by atoms with Crippen molar-refractivity contribution in [1.82, 2.24) is 0 Å². The van der Waals surface area contributed by atoms with Crippen LogP contribution in [0.2, 0.25) is 0 Å². The van der Waals surface area contributed by atoms with E-state index in [4.69, 9.17) is 0 Å². The molecule has 0 aromatic rings. The molecule has 0 heterocycles. The molecule has 4 fully saturated rings. The van der Waals surface area contributed by atoms with E-state index in [1.807, 2.05) is 6.92 Å². The van der Waals surface area contributed by atoms with Crippen LogP contribution in [0.5, 0.6) is 0 Å². The minimum atomic E-state index is -0.767. The normalized spacial score (nSPS) is 54.4. The Morgan fingerprint density at radius 2 is 1.75 bits per heavy atom. The Labute approximate surface area is 168 Å². The van der Waals surface area contributed by atoms with E-state index in [-0.39, 0.29) is 59.0 Å². The van der Waals surface area contributed by atoms with Crippen LogP contribution in [0.1, 0.15) is 72.1 Å². The predicted octanol–water partition coefficient (Wildman–Crippen LogP) is 3.06. The number of hydrogen-bond acceptors (Lipinski definition) is 4. The largest absolute Gasteiger partial charge is 0.481 e. The number of hydrogen-bond donors (Lipinski definition) is 4. The van der Waals surface area contributed by atoms with Crippen LogP contribution in [0, 0.1) is 46.3 Å². The highest BCUT2D eigenvalue weighted by Crippen LogP contribution is 2.68. The van der Waals surface area contributed by atoms with Gasteiger partial charge in [0.1, 0.15) is 0 Å². The molecule has 4 aliphatic carbocycles. The monoisotopic (exact) mass is 394 g/mol. The maximum absolute atomic E-state index is 11.4. The van der Waals surface area contributed by atoms with Crippen LogP contribution < -0.4 is 0 Å². The number of aliphatic carboxylic acids is 1. The lowest BCUT2D eigenvalue weighted by molar-refractivity contribution is -0.207. The molecule has 0 amide bonds. The zero-order valence-corrected chi connectivity index (χ0v) is 17.6. The molecule has 4 N–H and O–H groups in total. The fourth-order valence-corrected chi connectivity index (χ4v) is 8.55. The molecular formula is C23H38O5. The van der Waals surface area contributed by atoms with Crippen molar-refractivity contribution in [3.05, 3.63) is 0 Å². The van der Waals surface area contributed by atoms with Crippen LogP contribution in [0.15, 0.2) is 0 Å². The standard InChI is InChI=1S/C23H38O5/c1-12(8-20(27)28)15-4-5-16-21-17(11-19(26)23(15,16)3)22(2)7-6-14(24)9-13(22)10-18(21)25/h12-19,21,24-26H,4-11H2,1-3H3,(H,27,28)/t12?,13?,14-,15?,16?,17?,18-,19+,21?,22+,23-/m0/s1. The summed E-state index contributed by atoms with van der Waals surface area (Å²) in [6.45, 7) is 6.52. The van der Waals surface area contributed by atoms with Gasteiger partial charge in [0.25, 0.3) is 0 Å². The van der Waals surface area contributed by atoms with Crippen LogP contribution in [0.4, 0.5) is 0 Å². The van der Waals surface area contributed by atoms with Gasteiger partial charge in [-0.15, -0.1) is 0 Å². The number of carboxylic acids is 1. The van der Waals surface area contributed by atoms with E-state index >= 15 is 0 Å². The van der Waals surface area contributed by atoms with Crippen LogP contribution in [-0.2, 0) is 4.79 Å². The van der Waals surface area contributed by atoms with Crippen molar-refractivity contribution < 1.29 is 25.2 Å². The van der Waals surface area contributed by atoms with Gasteiger partial charge in [-0.3, -0.25) is 4.79 Å². The molecule has 4 aliphatic rings. The van der Waals surface area contributed by atoms with E-state index in [0.717, 1.165) is 38.5 Å². The van der Waals surface area contributed by atoms with Gasteiger partial charge in [-0.1, -0.05) is 20.8 Å². The first-order valence-electron chi connectivity index (χ1n) is 11.3. The Hall–Kier alpha value is -0.650. The Bertz CT molecular complexity index is 622. The molecule has 5 heteroatoms. The number of aliphatic hydroxyl groups excluding tert-OH is 3. The molecule has 160 valence electrons. The second-order valence-corrected chi connectivity index (χ2v) is 11.1. The molecule has 0 saturated heterocycles. The number of fused-ring (bicyclic) bond motifs is 5. The number of carbonyl (C=O) groups is 1. The first-order valence-corrected chi connectivity index (χ1v) is 11.3. The average Bonchev–Trinajstić information content (AvgIpc) is 2.95. The molecule has 11 atom stereocenters. The average molecular weight is 395 g/mol. The summed E-state index contributed by atoms with van der Waals surface area (Å²) in [6, 6.07) is 0. The number of rotatable bonds is 3. The van der Waals surface area contributed by atoms with Crippen molar-refractivity contribution in [3.8, 4) is 0 Å². The molecular weight excluding hydrogens is 356 g/mol. The van der Waals surface area contributed by atoms with Gasteiger partial charge in [0.2, 0.25) is 0 Å². The van der Waals surface area contributed by atoms with Gasteiger partial charge in [0, 0.05) is 6.42 Å². The molecule has 0 aliphatic heterocycles. The van der Waals surface area contributed by atoms with Crippen LogP contribution in [0.3, 0.4) is 0 Å². The van der Waals surface area contributed by atoms with E-state index < -0.39 is 12.1 Å². The Balaban J connectivity index is 1.65. The highest BCUT2D eigenvalue weighted by molar-refractivity contribution is 5.67. The predicted molar refractivity (Wildman–Crippen MR) is 105 cm³/mol. The smallest absolute Gasteiger partial charge is 0.303 e. The summed E-state index contributed by atoms with van der Waals surface area (Å²) >= 11 is 0. The molecule has 0 aromatic carbocycles. The second kappa shape index (κ2) is 6.95. The third kappa shape index (κ3) is 2.87. The molecule has 0 spiro atoms. The first kappa shape index (κ1) is 20.6. The third-order valence-corrected chi connectivity index (χ3v) is 10.0. The van der Waals surface area contributed by atoms with E-state index in [2.05, 4.69) is 13.8 Å². The van der Waals surface area contributed by atoms with Crippen molar-refractivity contribution in [2.45, 2.75) is 90.4 Å². The van der Waals surface area contributed by atoms with Gasteiger partial charge in [0.05, 0.1) is 18.3 Å². The Morgan fingerprint density at radius 1 is 1.04 bits per heavy atom. The maximum Gasteiger partial charge on any atom is 0.303 e. The summed E-state index contributed by atoms with van der Waals surface area (Å²) in [6.07, 6.45) is 5.02. The highest BCUT2D eigenvalue weighted by atomic mass is 16.4. The van der Waals surface area contributed by atoms with Crippen molar-refractivity contribution in [1.29, 1.82) is 0 Å². The molecule has 5 nitrogen and oxygen atoms in total. The van der Waals surface area contributed by atoms with Crippen molar-refractivity contribution in [3.63, 3.8) is 0 Å². The number of carboxylic acid groups (broad SMARTS) is 1. The molecule has 4 saturated carbocycles.